The van der Waals surface area contributed by atoms with Crippen LogP contribution in [-0.4, -0.2) is 63.9 Å². The van der Waals surface area contributed by atoms with Crippen molar-refractivity contribution in [3.05, 3.63) is 65.7 Å². The van der Waals surface area contributed by atoms with Crippen LogP contribution >= 0.6 is 11.8 Å². The van der Waals surface area contributed by atoms with E-state index in [1.54, 1.807) is 0 Å². The summed E-state index contributed by atoms with van der Waals surface area (Å²) < 4.78 is 0. The maximum Gasteiger partial charge on any atom is 0.414 e. The van der Waals surface area contributed by atoms with Crippen molar-refractivity contribution < 1.29 is 19.8 Å². The van der Waals surface area contributed by atoms with Gasteiger partial charge >= 0.3 is 11.9 Å². The Morgan fingerprint density at radius 3 is 2.03 bits per heavy atom. The molecular weight excluding hydrogens is 412 g/mol. The summed E-state index contributed by atoms with van der Waals surface area (Å²) in [4.78, 5) is 24.8. The van der Waals surface area contributed by atoms with Crippen molar-refractivity contribution >= 4 is 23.7 Å². The van der Waals surface area contributed by atoms with Crippen molar-refractivity contribution in [1.82, 2.24) is 9.80 Å². The summed E-state index contributed by atoms with van der Waals surface area (Å²) in [6.45, 7) is 8.02. The lowest BCUT2D eigenvalue weighted by atomic mass is 10.0. The smallest absolute Gasteiger partial charge is 0.414 e. The van der Waals surface area contributed by atoms with E-state index in [-0.39, 0.29) is 0 Å². The molecule has 1 saturated heterocycles. The van der Waals surface area contributed by atoms with Crippen LogP contribution in [0.15, 0.2) is 59.5 Å². The molecule has 0 radical (unpaired) electrons. The molecule has 31 heavy (non-hydrogen) atoms. The second-order valence-electron chi connectivity index (χ2n) is 7.51. The van der Waals surface area contributed by atoms with Crippen molar-refractivity contribution in [2.45, 2.75) is 43.8 Å². The highest BCUT2D eigenvalue weighted by molar-refractivity contribution is 7.98. The van der Waals surface area contributed by atoms with Crippen LogP contribution in [0.4, 0.5) is 0 Å². The van der Waals surface area contributed by atoms with Crippen LogP contribution in [0, 0.1) is 0 Å². The van der Waals surface area contributed by atoms with Gasteiger partial charge in [0.05, 0.1) is 0 Å². The molecule has 1 fully saturated rings. The van der Waals surface area contributed by atoms with Gasteiger partial charge in [-0.3, -0.25) is 9.80 Å². The lowest BCUT2D eigenvalue weighted by Gasteiger charge is -2.38. The normalized spacial score (nSPS) is 14.7. The third-order valence-corrected chi connectivity index (χ3v) is 6.20. The van der Waals surface area contributed by atoms with Crippen LogP contribution in [0.1, 0.15) is 30.9 Å². The van der Waals surface area contributed by atoms with Gasteiger partial charge in [-0.2, -0.15) is 0 Å². The summed E-state index contributed by atoms with van der Waals surface area (Å²) in [6.07, 6.45) is 4.70. The van der Waals surface area contributed by atoms with Crippen molar-refractivity contribution in [3.8, 4) is 0 Å². The van der Waals surface area contributed by atoms with E-state index in [2.05, 4.69) is 77.6 Å². The van der Waals surface area contributed by atoms with E-state index in [0.29, 0.717) is 0 Å². The number of rotatable bonds is 7. The molecule has 2 aromatic rings. The van der Waals surface area contributed by atoms with E-state index >= 15 is 0 Å². The summed E-state index contributed by atoms with van der Waals surface area (Å²) in [5.41, 5.74) is 2.87. The Kier molecular flexibility index (Phi) is 10.6. The molecule has 0 amide bonds. The maximum absolute atomic E-state index is 9.10. The lowest BCUT2D eigenvalue weighted by Crippen LogP contribution is -2.44. The summed E-state index contributed by atoms with van der Waals surface area (Å²) in [5, 5.41) is 14.8. The highest BCUT2D eigenvalue weighted by Crippen LogP contribution is 2.21. The fourth-order valence-corrected chi connectivity index (χ4v) is 4.16. The minimum atomic E-state index is -1.82. The molecule has 2 aromatic carbocycles. The van der Waals surface area contributed by atoms with Gasteiger partial charge in [-0.25, -0.2) is 9.59 Å². The van der Waals surface area contributed by atoms with E-state index in [9.17, 15) is 0 Å². The third-order valence-electron chi connectivity index (χ3n) is 5.46. The van der Waals surface area contributed by atoms with Gasteiger partial charge in [0.2, 0.25) is 0 Å². The number of benzene rings is 2. The molecule has 1 aliphatic heterocycles. The average molecular weight is 445 g/mol. The fraction of sp³-hybridized carbons (Fsp3) is 0.417. The minimum Gasteiger partial charge on any atom is -0.473 e. The number of carboxylic acid groups (broad SMARTS) is 2. The molecule has 6 nitrogen and oxygen atoms in total. The van der Waals surface area contributed by atoms with Crippen LogP contribution in [-0.2, 0) is 22.7 Å². The molecule has 3 rings (SSSR count). The zero-order valence-electron chi connectivity index (χ0n) is 18.2. The lowest BCUT2D eigenvalue weighted by molar-refractivity contribution is -0.159. The van der Waals surface area contributed by atoms with Crippen LogP contribution in [0.5, 0.6) is 0 Å². The number of hydrogen-bond acceptors (Lipinski definition) is 5. The molecule has 7 heteroatoms. The SMILES string of the molecule is CCN(Cc1ccccc1)C1CCN(Cc2ccc(SC)cc2)CC1.O=C(O)C(=O)O. The molecular formula is C24H32N2O4S. The first-order chi connectivity index (χ1) is 14.9. The number of piperidine rings is 1. The van der Waals surface area contributed by atoms with Crippen molar-refractivity contribution in [2.75, 3.05) is 25.9 Å². The number of carboxylic acids is 2. The molecule has 0 spiro atoms. The summed E-state index contributed by atoms with van der Waals surface area (Å²) in [5.74, 6) is -3.65. The number of aliphatic carboxylic acids is 2. The zero-order valence-corrected chi connectivity index (χ0v) is 19.1. The number of hydrogen-bond donors (Lipinski definition) is 2. The highest BCUT2D eigenvalue weighted by atomic mass is 32.2. The van der Waals surface area contributed by atoms with Gasteiger partial charge in [0.15, 0.2) is 0 Å². The molecule has 2 N–H and O–H groups in total. The van der Waals surface area contributed by atoms with E-state index in [1.807, 2.05) is 11.8 Å². The quantitative estimate of drug-likeness (QED) is 0.492. The molecule has 1 heterocycles. The predicted octanol–water partition coefficient (Wildman–Crippen LogP) is 4.05. The first kappa shape index (κ1) is 24.9. The molecule has 0 aliphatic carbocycles. The number of nitrogens with zero attached hydrogens (tertiary/aromatic N) is 2. The van der Waals surface area contributed by atoms with Gasteiger partial charge < -0.3 is 10.2 Å². The zero-order chi connectivity index (χ0) is 22.6. The summed E-state index contributed by atoms with van der Waals surface area (Å²) in [6, 6.07) is 20.7. The number of likely N-dealkylation sites (tertiary alicyclic amines) is 1. The van der Waals surface area contributed by atoms with Gasteiger partial charge in [-0.1, -0.05) is 49.4 Å². The Balaban J connectivity index is 0.000000501. The summed E-state index contributed by atoms with van der Waals surface area (Å²) >= 11 is 1.81. The third kappa shape index (κ3) is 8.73. The molecule has 1 aliphatic rings. The van der Waals surface area contributed by atoms with Crippen LogP contribution < -0.4 is 0 Å². The van der Waals surface area contributed by atoms with E-state index in [4.69, 9.17) is 19.8 Å². The Hall–Kier alpha value is -2.35. The average Bonchev–Trinajstić information content (AvgIpc) is 2.79. The number of thioether (sulfide) groups is 1. The molecule has 0 unspecified atom stereocenters. The van der Waals surface area contributed by atoms with Crippen molar-refractivity contribution in [1.29, 1.82) is 0 Å². The Morgan fingerprint density at radius 2 is 1.55 bits per heavy atom. The molecule has 168 valence electrons. The molecule has 0 saturated carbocycles. The van der Waals surface area contributed by atoms with Crippen LogP contribution in [0.25, 0.3) is 0 Å². The standard InChI is InChI=1S/C22H30N2S.C2H2O4/c1-3-24(18-19-7-5-4-6-8-19)21-13-15-23(16-14-21)17-20-9-11-22(25-2)12-10-20;3-1(4)2(5)6/h4-12,21H,3,13-18H2,1-2H3;(H,3,4)(H,5,6). The monoisotopic (exact) mass is 444 g/mol. The van der Waals surface area contributed by atoms with E-state index < -0.39 is 11.9 Å². The van der Waals surface area contributed by atoms with Crippen LogP contribution in [0.2, 0.25) is 0 Å². The van der Waals surface area contributed by atoms with Crippen molar-refractivity contribution in [2.24, 2.45) is 0 Å². The fourth-order valence-electron chi connectivity index (χ4n) is 3.75. The Labute approximate surface area is 188 Å². The van der Waals surface area contributed by atoms with Gasteiger partial charge in [0, 0.05) is 24.0 Å². The first-order valence-corrected chi connectivity index (χ1v) is 11.7. The largest absolute Gasteiger partial charge is 0.473 e. The second kappa shape index (κ2) is 13.1. The first-order valence-electron chi connectivity index (χ1n) is 10.5. The van der Waals surface area contributed by atoms with Gasteiger partial charge in [-0.15, -0.1) is 11.8 Å². The van der Waals surface area contributed by atoms with E-state index in [0.717, 1.165) is 25.7 Å². The molecule has 0 aromatic heterocycles. The second-order valence-corrected chi connectivity index (χ2v) is 8.39. The van der Waals surface area contributed by atoms with Crippen molar-refractivity contribution in [3.63, 3.8) is 0 Å². The highest BCUT2D eigenvalue weighted by Gasteiger charge is 2.23. The topological polar surface area (TPSA) is 81.1 Å². The molecule has 0 bridgehead atoms. The van der Waals surface area contributed by atoms with Gasteiger partial charge in [0.25, 0.3) is 0 Å². The Bertz CT molecular complexity index is 794. The predicted molar refractivity (Wildman–Crippen MR) is 124 cm³/mol. The molecule has 0 atom stereocenters. The Morgan fingerprint density at radius 1 is 0.968 bits per heavy atom. The minimum absolute atomic E-state index is 0.723. The van der Waals surface area contributed by atoms with Crippen LogP contribution in [0.3, 0.4) is 0 Å². The van der Waals surface area contributed by atoms with Gasteiger partial charge in [0.1, 0.15) is 0 Å². The maximum atomic E-state index is 9.10. The van der Waals surface area contributed by atoms with E-state index in [1.165, 1.54) is 42.0 Å². The van der Waals surface area contributed by atoms with Gasteiger partial charge in [-0.05, 0) is 62.0 Å². The summed E-state index contributed by atoms with van der Waals surface area (Å²) in [7, 11) is 0. The number of carbonyl (C=O) groups is 2.